The maximum Gasteiger partial charge on any atom is 0.240 e. The fourth-order valence-electron chi connectivity index (χ4n) is 2.92. The molecule has 1 amide bonds. The first-order chi connectivity index (χ1) is 8.33. The molecule has 0 spiro atoms. The first kappa shape index (κ1) is 12.8. The van der Waals surface area contributed by atoms with Crippen LogP contribution < -0.4 is 5.32 Å². The van der Waals surface area contributed by atoms with Crippen LogP contribution in [0.3, 0.4) is 0 Å². The SMILES string of the molecule is COC[C@@H]1CCCCN1C(=O)[C@H]1CCCCN1. The molecule has 0 aromatic heterocycles. The minimum Gasteiger partial charge on any atom is -0.383 e. The van der Waals surface area contributed by atoms with Crippen LogP contribution in [-0.4, -0.2) is 49.7 Å². The Bertz CT molecular complexity index is 250. The van der Waals surface area contributed by atoms with E-state index in [2.05, 4.69) is 10.2 Å². The van der Waals surface area contributed by atoms with Gasteiger partial charge in [-0.15, -0.1) is 0 Å². The summed E-state index contributed by atoms with van der Waals surface area (Å²) in [6, 6.07) is 0.353. The molecule has 0 bridgehead atoms. The van der Waals surface area contributed by atoms with Gasteiger partial charge < -0.3 is 15.0 Å². The summed E-state index contributed by atoms with van der Waals surface area (Å²) in [4.78, 5) is 14.5. The molecule has 0 saturated carbocycles. The summed E-state index contributed by atoms with van der Waals surface area (Å²) in [7, 11) is 1.72. The van der Waals surface area contributed by atoms with Crippen molar-refractivity contribution in [3.8, 4) is 0 Å². The minimum absolute atomic E-state index is 0.0567. The van der Waals surface area contributed by atoms with Crippen LogP contribution in [-0.2, 0) is 9.53 Å². The number of carbonyl (C=O) groups excluding carboxylic acids is 1. The van der Waals surface area contributed by atoms with E-state index in [4.69, 9.17) is 4.74 Å². The fourth-order valence-corrected chi connectivity index (χ4v) is 2.92. The van der Waals surface area contributed by atoms with Gasteiger partial charge in [0.1, 0.15) is 0 Å². The normalized spacial score (nSPS) is 30.3. The van der Waals surface area contributed by atoms with E-state index in [0.29, 0.717) is 18.6 Å². The van der Waals surface area contributed by atoms with Crippen molar-refractivity contribution >= 4 is 5.91 Å². The largest absolute Gasteiger partial charge is 0.383 e. The van der Waals surface area contributed by atoms with Crippen LogP contribution in [0.5, 0.6) is 0 Å². The van der Waals surface area contributed by atoms with Crippen molar-refractivity contribution in [2.24, 2.45) is 0 Å². The molecule has 17 heavy (non-hydrogen) atoms. The number of likely N-dealkylation sites (tertiary alicyclic amines) is 1. The van der Waals surface area contributed by atoms with E-state index in [1.807, 2.05) is 0 Å². The van der Waals surface area contributed by atoms with Crippen LogP contribution in [0.25, 0.3) is 0 Å². The van der Waals surface area contributed by atoms with Gasteiger partial charge in [-0.1, -0.05) is 6.42 Å². The molecular weight excluding hydrogens is 216 g/mol. The van der Waals surface area contributed by atoms with Gasteiger partial charge in [-0.05, 0) is 38.6 Å². The lowest BCUT2D eigenvalue weighted by atomic mass is 9.98. The van der Waals surface area contributed by atoms with Gasteiger partial charge in [0.05, 0.1) is 18.7 Å². The molecule has 2 heterocycles. The first-order valence-corrected chi connectivity index (χ1v) is 6.85. The molecule has 0 radical (unpaired) electrons. The molecule has 98 valence electrons. The molecule has 1 N–H and O–H groups in total. The Morgan fingerprint density at radius 3 is 2.82 bits per heavy atom. The fraction of sp³-hybridized carbons (Fsp3) is 0.923. The van der Waals surface area contributed by atoms with Crippen LogP contribution in [0.1, 0.15) is 38.5 Å². The van der Waals surface area contributed by atoms with E-state index in [1.54, 1.807) is 7.11 Å². The van der Waals surface area contributed by atoms with E-state index >= 15 is 0 Å². The van der Waals surface area contributed by atoms with E-state index in [1.165, 1.54) is 19.3 Å². The lowest BCUT2D eigenvalue weighted by Crippen LogP contribution is -2.54. The smallest absolute Gasteiger partial charge is 0.240 e. The van der Waals surface area contributed by atoms with Gasteiger partial charge in [0.2, 0.25) is 5.91 Å². The Morgan fingerprint density at radius 1 is 1.29 bits per heavy atom. The van der Waals surface area contributed by atoms with E-state index in [9.17, 15) is 4.79 Å². The van der Waals surface area contributed by atoms with Gasteiger partial charge in [0.15, 0.2) is 0 Å². The first-order valence-electron chi connectivity index (χ1n) is 6.85. The average molecular weight is 240 g/mol. The highest BCUT2D eigenvalue weighted by atomic mass is 16.5. The molecular formula is C13H24N2O2. The van der Waals surface area contributed by atoms with Crippen LogP contribution in [0.15, 0.2) is 0 Å². The molecule has 0 aromatic carbocycles. The third-order valence-electron chi connectivity index (χ3n) is 3.88. The third-order valence-corrected chi connectivity index (χ3v) is 3.88. The predicted octanol–water partition coefficient (Wildman–Crippen LogP) is 1.16. The quantitative estimate of drug-likeness (QED) is 0.805. The van der Waals surface area contributed by atoms with E-state index in [-0.39, 0.29) is 6.04 Å². The number of nitrogens with one attached hydrogen (secondary N) is 1. The highest BCUT2D eigenvalue weighted by molar-refractivity contribution is 5.82. The third kappa shape index (κ3) is 3.19. The second kappa shape index (κ2) is 6.36. The number of hydrogen-bond acceptors (Lipinski definition) is 3. The lowest BCUT2D eigenvalue weighted by molar-refractivity contribution is -0.139. The molecule has 2 saturated heterocycles. The topological polar surface area (TPSA) is 41.6 Å². The number of rotatable bonds is 3. The number of amides is 1. The summed E-state index contributed by atoms with van der Waals surface area (Å²) in [5.41, 5.74) is 0. The van der Waals surface area contributed by atoms with Crippen molar-refractivity contribution in [2.45, 2.75) is 50.6 Å². The van der Waals surface area contributed by atoms with Crippen LogP contribution in [0.4, 0.5) is 0 Å². The van der Waals surface area contributed by atoms with Crippen LogP contribution >= 0.6 is 0 Å². The zero-order chi connectivity index (χ0) is 12.1. The molecule has 2 rings (SSSR count). The van der Waals surface area contributed by atoms with E-state index < -0.39 is 0 Å². The summed E-state index contributed by atoms with van der Waals surface area (Å²) in [5, 5.41) is 3.35. The Labute approximate surface area is 104 Å². The molecule has 0 aliphatic carbocycles. The molecule has 4 heteroatoms. The zero-order valence-electron chi connectivity index (χ0n) is 10.8. The summed E-state index contributed by atoms with van der Waals surface area (Å²) < 4.78 is 5.23. The Kier molecular flexibility index (Phi) is 4.80. The summed E-state index contributed by atoms with van der Waals surface area (Å²) >= 11 is 0. The number of piperidine rings is 2. The highest BCUT2D eigenvalue weighted by Gasteiger charge is 2.31. The Morgan fingerprint density at radius 2 is 2.12 bits per heavy atom. The molecule has 2 aliphatic heterocycles. The second-order valence-corrected chi connectivity index (χ2v) is 5.14. The second-order valence-electron chi connectivity index (χ2n) is 5.14. The van der Waals surface area contributed by atoms with E-state index in [0.717, 1.165) is 32.4 Å². The number of nitrogens with zero attached hydrogens (tertiary/aromatic N) is 1. The van der Waals surface area contributed by atoms with Gasteiger partial charge in [-0.25, -0.2) is 0 Å². The number of methoxy groups -OCH3 is 1. The van der Waals surface area contributed by atoms with Crippen molar-refractivity contribution in [3.05, 3.63) is 0 Å². The van der Waals surface area contributed by atoms with Crippen LogP contribution in [0.2, 0.25) is 0 Å². The molecule has 2 fully saturated rings. The minimum atomic E-state index is 0.0567. The maximum absolute atomic E-state index is 12.4. The maximum atomic E-state index is 12.4. The predicted molar refractivity (Wildman–Crippen MR) is 66.9 cm³/mol. The monoisotopic (exact) mass is 240 g/mol. The van der Waals surface area contributed by atoms with Gasteiger partial charge in [-0.3, -0.25) is 4.79 Å². The Hall–Kier alpha value is -0.610. The molecule has 0 unspecified atom stereocenters. The number of hydrogen-bond donors (Lipinski definition) is 1. The van der Waals surface area contributed by atoms with Crippen molar-refractivity contribution in [2.75, 3.05) is 26.8 Å². The van der Waals surface area contributed by atoms with Crippen molar-refractivity contribution in [1.29, 1.82) is 0 Å². The molecule has 2 atom stereocenters. The number of carbonyl (C=O) groups is 1. The summed E-state index contributed by atoms with van der Waals surface area (Å²) in [6.45, 7) is 2.57. The Balaban J connectivity index is 1.94. The van der Waals surface area contributed by atoms with Crippen molar-refractivity contribution in [1.82, 2.24) is 10.2 Å². The zero-order valence-corrected chi connectivity index (χ0v) is 10.8. The summed E-state index contributed by atoms with van der Waals surface area (Å²) in [5.74, 6) is 0.298. The van der Waals surface area contributed by atoms with Gasteiger partial charge in [0.25, 0.3) is 0 Å². The van der Waals surface area contributed by atoms with Gasteiger partial charge in [-0.2, -0.15) is 0 Å². The van der Waals surface area contributed by atoms with Crippen molar-refractivity contribution < 1.29 is 9.53 Å². The molecule has 0 aromatic rings. The average Bonchev–Trinajstić information content (AvgIpc) is 2.40. The lowest BCUT2D eigenvalue weighted by Gasteiger charge is -2.38. The van der Waals surface area contributed by atoms with Gasteiger partial charge >= 0.3 is 0 Å². The van der Waals surface area contributed by atoms with Crippen LogP contribution in [0, 0.1) is 0 Å². The van der Waals surface area contributed by atoms with Crippen molar-refractivity contribution in [3.63, 3.8) is 0 Å². The summed E-state index contributed by atoms with van der Waals surface area (Å²) in [6.07, 6.45) is 6.81. The number of ether oxygens (including phenoxy) is 1. The van der Waals surface area contributed by atoms with Gasteiger partial charge in [0, 0.05) is 13.7 Å². The molecule has 4 nitrogen and oxygen atoms in total. The molecule has 2 aliphatic rings. The highest BCUT2D eigenvalue weighted by Crippen LogP contribution is 2.20. The standard InChI is InChI=1S/C13H24N2O2/c1-17-10-11-6-3-5-9-15(11)13(16)12-7-2-4-8-14-12/h11-12,14H,2-10H2,1H3/t11-,12+/m0/s1.